The molecule has 10 nitrogen and oxygen atoms in total. The van der Waals surface area contributed by atoms with Crippen molar-refractivity contribution < 1.29 is 14.3 Å². The number of benzene rings is 1. The number of aromatic nitrogens is 4. The molecule has 0 fully saturated rings. The smallest absolute Gasteiger partial charge is 0.332 e. The van der Waals surface area contributed by atoms with Crippen molar-refractivity contribution >= 4 is 51.3 Å². The van der Waals surface area contributed by atoms with E-state index < -0.39 is 29.7 Å². The van der Waals surface area contributed by atoms with Gasteiger partial charge in [0, 0.05) is 23.4 Å². The topological polar surface area (TPSA) is 117 Å². The minimum Gasteiger partial charge on any atom is -0.454 e. The van der Waals surface area contributed by atoms with Crippen molar-refractivity contribution in [1.82, 2.24) is 18.7 Å². The lowest BCUT2D eigenvalue weighted by molar-refractivity contribution is -0.147. The van der Waals surface area contributed by atoms with Gasteiger partial charge >= 0.3 is 11.7 Å². The molecule has 29 heavy (non-hydrogen) atoms. The molecule has 2 heterocycles. The first kappa shape index (κ1) is 20.8. The second-order valence-corrected chi connectivity index (χ2v) is 7.66. The molecule has 3 rings (SSSR count). The third-order valence-electron chi connectivity index (χ3n) is 4.34. The van der Waals surface area contributed by atoms with Gasteiger partial charge in [0.25, 0.3) is 11.5 Å². The second-order valence-electron chi connectivity index (χ2n) is 6.42. The monoisotopic (exact) mass is 511 g/mol. The quantitative estimate of drug-likeness (QED) is 0.395. The molecule has 2 aromatic heterocycles. The molecular formula is C18H18IN5O5. The van der Waals surface area contributed by atoms with Crippen LogP contribution in [0.4, 0.5) is 5.69 Å². The summed E-state index contributed by atoms with van der Waals surface area (Å²) in [5.74, 6) is -1.19. The summed E-state index contributed by atoms with van der Waals surface area (Å²) in [6, 6.07) is 5.54. The summed E-state index contributed by atoms with van der Waals surface area (Å²) < 4.78 is 9.49. The zero-order valence-electron chi connectivity index (χ0n) is 15.9. The van der Waals surface area contributed by atoms with Gasteiger partial charge in [-0.1, -0.05) is 0 Å². The van der Waals surface area contributed by atoms with E-state index in [-0.39, 0.29) is 17.7 Å². The lowest BCUT2D eigenvalue weighted by Gasteiger charge is -2.10. The maximum Gasteiger partial charge on any atom is 0.332 e. The lowest BCUT2D eigenvalue weighted by atomic mass is 10.2. The Bertz CT molecular complexity index is 1240. The summed E-state index contributed by atoms with van der Waals surface area (Å²) in [5.41, 5.74) is 0.709. The van der Waals surface area contributed by atoms with Crippen molar-refractivity contribution in [3.8, 4) is 0 Å². The van der Waals surface area contributed by atoms with E-state index in [1.165, 1.54) is 29.6 Å². The summed E-state index contributed by atoms with van der Waals surface area (Å²) >= 11 is 2.17. The van der Waals surface area contributed by atoms with Gasteiger partial charge in [-0.15, -0.1) is 0 Å². The summed E-state index contributed by atoms with van der Waals surface area (Å²) in [4.78, 5) is 52.5. The van der Waals surface area contributed by atoms with Crippen molar-refractivity contribution in [2.45, 2.75) is 13.5 Å². The zero-order valence-corrected chi connectivity index (χ0v) is 18.1. The number of rotatable bonds is 5. The third-order valence-corrected chi connectivity index (χ3v) is 5.01. The van der Waals surface area contributed by atoms with Crippen LogP contribution in [0.1, 0.15) is 5.56 Å². The lowest BCUT2D eigenvalue weighted by Crippen LogP contribution is -2.37. The fourth-order valence-electron chi connectivity index (χ4n) is 2.80. The molecule has 11 heteroatoms. The second kappa shape index (κ2) is 8.19. The molecule has 0 bridgehead atoms. The first-order chi connectivity index (χ1) is 13.7. The number of halogens is 1. The van der Waals surface area contributed by atoms with Crippen LogP contribution < -0.4 is 16.6 Å². The Labute approximate surface area is 178 Å². The predicted molar refractivity (Wildman–Crippen MR) is 114 cm³/mol. The van der Waals surface area contributed by atoms with Crippen LogP contribution in [0.5, 0.6) is 0 Å². The summed E-state index contributed by atoms with van der Waals surface area (Å²) in [7, 11) is 2.83. The number of fused-ring (bicyclic) bond motifs is 1. The highest BCUT2D eigenvalue weighted by molar-refractivity contribution is 14.1. The van der Waals surface area contributed by atoms with E-state index in [4.69, 9.17) is 4.74 Å². The maximum atomic E-state index is 12.4. The highest BCUT2D eigenvalue weighted by atomic mass is 127. The number of amides is 1. The van der Waals surface area contributed by atoms with Crippen LogP contribution in [0.2, 0.25) is 0 Å². The van der Waals surface area contributed by atoms with Crippen molar-refractivity contribution in [2.24, 2.45) is 14.1 Å². The van der Waals surface area contributed by atoms with Gasteiger partial charge in [-0.3, -0.25) is 23.5 Å². The van der Waals surface area contributed by atoms with E-state index >= 15 is 0 Å². The van der Waals surface area contributed by atoms with Gasteiger partial charge in [-0.25, -0.2) is 9.78 Å². The molecule has 0 aliphatic carbocycles. The van der Waals surface area contributed by atoms with Crippen LogP contribution in [0, 0.1) is 10.5 Å². The van der Waals surface area contributed by atoms with Crippen LogP contribution in [0.3, 0.4) is 0 Å². The standard InChI is InChI=1S/C18H18IN5O5/c1-10-6-11(19)4-5-12(10)21-13(25)8-29-14(26)7-24-9-20-16-15(24)17(27)23(3)18(28)22(16)2/h4-6,9H,7-8H2,1-3H3,(H,21,25). The van der Waals surface area contributed by atoms with Crippen molar-refractivity contribution in [2.75, 3.05) is 11.9 Å². The van der Waals surface area contributed by atoms with E-state index in [1.54, 1.807) is 6.07 Å². The average molecular weight is 511 g/mol. The normalized spacial score (nSPS) is 10.9. The maximum absolute atomic E-state index is 12.4. The molecular weight excluding hydrogens is 493 g/mol. The molecule has 1 aromatic carbocycles. The molecule has 1 amide bonds. The molecule has 0 unspecified atom stereocenters. The van der Waals surface area contributed by atoms with E-state index in [2.05, 4.69) is 32.9 Å². The Hall–Kier alpha value is -2.96. The number of carbonyl (C=O) groups excluding carboxylic acids is 2. The van der Waals surface area contributed by atoms with Gasteiger partial charge in [-0.05, 0) is 53.3 Å². The highest BCUT2D eigenvalue weighted by Crippen LogP contribution is 2.17. The van der Waals surface area contributed by atoms with E-state index in [0.717, 1.165) is 13.7 Å². The third kappa shape index (κ3) is 4.23. The number of imidazole rings is 1. The van der Waals surface area contributed by atoms with Crippen molar-refractivity contribution in [3.63, 3.8) is 0 Å². The number of esters is 1. The number of nitrogens with one attached hydrogen (secondary N) is 1. The number of hydrogen-bond donors (Lipinski definition) is 1. The van der Waals surface area contributed by atoms with Crippen LogP contribution >= 0.6 is 22.6 Å². The van der Waals surface area contributed by atoms with E-state index in [0.29, 0.717) is 5.69 Å². The van der Waals surface area contributed by atoms with E-state index in [9.17, 15) is 19.2 Å². The molecule has 0 saturated carbocycles. The summed E-state index contributed by atoms with van der Waals surface area (Å²) in [5, 5.41) is 2.68. The molecule has 152 valence electrons. The first-order valence-corrected chi connectivity index (χ1v) is 9.59. The van der Waals surface area contributed by atoms with E-state index in [1.807, 2.05) is 19.1 Å². The minimum atomic E-state index is -0.713. The molecule has 0 atom stereocenters. The van der Waals surface area contributed by atoms with Gasteiger partial charge in [0.1, 0.15) is 6.54 Å². The fourth-order valence-corrected chi connectivity index (χ4v) is 3.45. The number of carbonyl (C=O) groups is 2. The summed E-state index contributed by atoms with van der Waals surface area (Å²) in [6.07, 6.45) is 1.28. The molecule has 0 aliphatic heterocycles. The number of ether oxygens (including phenoxy) is 1. The molecule has 1 N–H and O–H groups in total. The Morgan fingerprint density at radius 2 is 1.93 bits per heavy atom. The van der Waals surface area contributed by atoms with Crippen LogP contribution in [-0.4, -0.2) is 37.2 Å². The summed E-state index contributed by atoms with van der Waals surface area (Å²) in [6.45, 7) is 1.08. The number of nitrogens with zero attached hydrogens (tertiary/aromatic N) is 4. The highest BCUT2D eigenvalue weighted by Gasteiger charge is 2.17. The molecule has 3 aromatic rings. The largest absolute Gasteiger partial charge is 0.454 e. The predicted octanol–water partition coefficient (Wildman–Crippen LogP) is 0.529. The average Bonchev–Trinajstić information content (AvgIpc) is 3.09. The fraction of sp³-hybridized carbons (Fsp3) is 0.278. The number of aryl methyl sites for hydroxylation is 2. The molecule has 0 radical (unpaired) electrons. The van der Waals surface area contributed by atoms with Gasteiger partial charge < -0.3 is 14.6 Å². The van der Waals surface area contributed by atoms with Gasteiger partial charge in [-0.2, -0.15) is 0 Å². The van der Waals surface area contributed by atoms with Crippen LogP contribution in [-0.2, 0) is 35.0 Å². The zero-order chi connectivity index (χ0) is 21.3. The Kier molecular flexibility index (Phi) is 5.86. The molecule has 0 aliphatic rings. The van der Waals surface area contributed by atoms with Gasteiger partial charge in [0.15, 0.2) is 17.8 Å². The molecule has 0 saturated heterocycles. The van der Waals surface area contributed by atoms with Gasteiger partial charge in [0.2, 0.25) is 0 Å². The Balaban J connectivity index is 1.68. The van der Waals surface area contributed by atoms with Gasteiger partial charge in [0.05, 0.1) is 6.33 Å². The van der Waals surface area contributed by atoms with Crippen molar-refractivity contribution in [1.29, 1.82) is 0 Å². The number of hydrogen-bond acceptors (Lipinski definition) is 6. The molecule has 0 spiro atoms. The van der Waals surface area contributed by atoms with Crippen LogP contribution in [0.15, 0.2) is 34.1 Å². The first-order valence-electron chi connectivity index (χ1n) is 8.51. The SMILES string of the molecule is Cc1cc(I)ccc1NC(=O)COC(=O)Cn1cnc2c1c(=O)n(C)c(=O)n2C. The van der Waals surface area contributed by atoms with Crippen molar-refractivity contribution in [3.05, 3.63) is 54.5 Å². The number of anilines is 1. The van der Waals surface area contributed by atoms with Crippen LogP contribution in [0.25, 0.3) is 11.2 Å². The Morgan fingerprint density at radius 3 is 2.62 bits per heavy atom. The Morgan fingerprint density at radius 1 is 1.21 bits per heavy atom. The minimum absolute atomic E-state index is 0.102.